The van der Waals surface area contributed by atoms with Gasteiger partial charge in [-0.3, -0.25) is 9.63 Å². The van der Waals surface area contributed by atoms with Gasteiger partial charge in [0.05, 0.1) is 12.1 Å². The maximum absolute atomic E-state index is 10.7. The second kappa shape index (κ2) is 22.6. The van der Waals surface area contributed by atoms with Crippen molar-refractivity contribution in [2.75, 3.05) is 0 Å². The monoisotopic (exact) mass is 331 g/mol. The zero-order chi connectivity index (χ0) is 14.5. The van der Waals surface area contributed by atoms with Gasteiger partial charge in [-0.1, -0.05) is 48.6 Å². The summed E-state index contributed by atoms with van der Waals surface area (Å²) in [5.74, 6) is 4.63. The summed E-state index contributed by atoms with van der Waals surface area (Å²) >= 11 is 0. The number of hydroxylamine groups is 1. The number of carboxylic acid groups (broad SMARTS) is 1. The van der Waals surface area contributed by atoms with E-state index in [9.17, 15) is 9.59 Å². The lowest BCUT2D eigenvalue weighted by atomic mass is 10.2. The molecule has 0 aromatic heterocycles. The topological polar surface area (TPSA) is 75.6 Å². The Labute approximate surface area is 143 Å². The lowest BCUT2D eigenvalue weighted by Crippen LogP contribution is -2.34. The molecule has 0 saturated heterocycles. The van der Waals surface area contributed by atoms with E-state index in [1.165, 1.54) is 0 Å². The molecule has 0 fully saturated rings. The molecule has 5 heteroatoms. The molecule has 2 N–H and O–H groups in total. The minimum absolute atomic E-state index is 0. The fraction of sp³-hybridized carbons (Fsp3) is 0.667. The Morgan fingerprint density at radius 2 is 1.91 bits per heavy atom. The Balaban J connectivity index is -0.000000270. The number of allylic oxidation sites excluding steroid dienone is 1. The second-order valence-electron chi connectivity index (χ2n) is 3.97. The molecule has 0 radical (unpaired) electrons. The van der Waals surface area contributed by atoms with Gasteiger partial charge in [0, 0.05) is 6.42 Å². The van der Waals surface area contributed by atoms with E-state index < -0.39 is 12.0 Å². The largest absolute Gasteiger partial charge is 0.481 e. The molecule has 0 bridgehead atoms. The van der Waals surface area contributed by atoms with Crippen molar-refractivity contribution in [1.29, 1.82) is 0 Å². The van der Waals surface area contributed by atoms with Gasteiger partial charge in [0.1, 0.15) is 6.29 Å². The maximum Gasteiger partial charge on any atom is 0.303 e. The average Bonchev–Trinajstić information content (AvgIpc) is 2.40. The lowest BCUT2D eigenvalue weighted by molar-refractivity contribution is -0.137. The summed E-state index contributed by atoms with van der Waals surface area (Å²) in [7, 11) is 0. The van der Waals surface area contributed by atoms with Crippen LogP contribution < -0.4 is 5.48 Å². The molecule has 5 nitrogen and oxygen atoms in total. The molecule has 23 heavy (non-hydrogen) atoms. The van der Waals surface area contributed by atoms with E-state index in [4.69, 9.17) is 9.94 Å². The number of rotatable bonds is 10. The van der Waals surface area contributed by atoms with Gasteiger partial charge in [0.25, 0.3) is 0 Å². The Hall–Kier alpha value is -1.64. The molecule has 0 aliphatic rings. The van der Waals surface area contributed by atoms with Crippen LogP contribution >= 0.6 is 0 Å². The van der Waals surface area contributed by atoms with Gasteiger partial charge >= 0.3 is 5.97 Å². The van der Waals surface area contributed by atoms with E-state index in [2.05, 4.69) is 17.3 Å². The first-order chi connectivity index (χ1) is 9.13. The zero-order valence-electron chi connectivity index (χ0n) is 11.4. The summed E-state index contributed by atoms with van der Waals surface area (Å²) in [5, 5.41) is 8.54. The minimum Gasteiger partial charge on any atom is -0.481 e. The summed E-state index contributed by atoms with van der Waals surface area (Å²) in [6.45, 7) is 3.73. The van der Waals surface area contributed by atoms with Crippen LogP contribution in [0.3, 0.4) is 0 Å². The highest BCUT2D eigenvalue weighted by atomic mass is 16.7. The third-order valence-electron chi connectivity index (χ3n) is 2.42. The van der Waals surface area contributed by atoms with Gasteiger partial charge in [-0.2, -0.15) is 5.48 Å². The van der Waals surface area contributed by atoms with Crippen molar-refractivity contribution in [3.8, 4) is 11.8 Å². The highest BCUT2D eigenvalue weighted by Crippen LogP contribution is 2.04. The number of hydrogen-bond donors (Lipinski definition) is 2. The predicted octanol–water partition coefficient (Wildman–Crippen LogP) is 4.23. The molecule has 0 spiro atoms. The fourth-order valence-corrected chi connectivity index (χ4v) is 1.28. The maximum atomic E-state index is 10.7. The van der Waals surface area contributed by atoms with Crippen LogP contribution in [0.1, 0.15) is 69.2 Å². The molecule has 0 heterocycles. The van der Waals surface area contributed by atoms with Gasteiger partial charge < -0.3 is 9.90 Å². The van der Waals surface area contributed by atoms with Gasteiger partial charge in [-0.15, -0.1) is 5.92 Å². The molecule has 2 atom stereocenters. The van der Waals surface area contributed by atoms with E-state index in [0.29, 0.717) is 12.7 Å². The summed E-state index contributed by atoms with van der Waals surface area (Å²) in [6.07, 6.45) is 5.86. The van der Waals surface area contributed by atoms with Crippen LogP contribution in [0.15, 0.2) is 12.2 Å². The van der Waals surface area contributed by atoms with Crippen molar-refractivity contribution in [3.05, 3.63) is 12.2 Å². The first-order valence-electron chi connectivity index (χ1n) is 6.29. The second-order valence-corrected chi connectivity index (χ2v) is 3.97. The molecule has 0 saturated carbocycles. The lowest BCUT2D eigenvalue weighted by Gasteiger charge is -2.17. The van der Waals surface area contributed by atoms with E-state index in [1.54, 1.807) is 13.0 Å². The molecule has 0 aliphatic carbocycles. The van der Waals surface area contributed by atoms with Crippen molar-refractivity contribution in [2.45, 2.75) is 81.4 Å². The summed E-state index contributed by atoms with van der Waals surface area (Å²) in [4.78, 5) is 26.5. The molecular formula is C18H37NO4. The Kier molecular flexibility index (Phi) is 32.6. The molecule has 138 valence electrons. The highest BCUT2D eigenvalue weighted by Gasteiger charge is 2.12. The van der Waals surface area contributed by atoms with E-state index in [0.717, 1.165) is 6.42 Å². The van der Waals surface area contributed by atoms with E-state index >= 15 is 0 Å². The summed E-state index contributed by atoms with van der Waals surface area (Å²) in [6, 6.07) is -0.593. The molecule has 1 unspecified atom stereocenters. The Bertz CT molecular complexity index is 356. The van der Waals surface area contributed by atoms with Crippen molar-refractivity contribution < 1.29 is 19.5 Å². The average molecular weight is 331 g/mol. The van der Waals surface area contributed by atoms with Crippen LogP contribution in [0.4, 0.5) is 0 Å². The highest BCUT2D eigenvalue weighted by molar-refractivity contribution is 5.68. The molecule has 0 aromatic carbocycles. The molecule has 0 amide bonds. The number of nitrogens with one attached hydrogen (secondary N) is 1. The van der Waals surface area contributed by atoms with Gasteiger partial charge in [0.2, 0.25) is 0 Å². The van der Waals surface area contributed by atoms with Gasteiger partial charge in [0.15, 0.2) is 0 Å². The quantitative estimate of drug-likeness (QED) is 0.356. The molecule has 0 rings (SSSR count). The normalized spacial score (nSPS) is 11.2. The Morgan fingerprint density at radius 1 is 1.30 bits per heavy atom. The van der Waals surface area contributed by atoms with E-state index in [-0.39, 0.29) is 48.7 Å². The van der Waals surface area contributed by atoms with Crippen LogP contribution in [0.2, 0.25) is 0 Å². The zero-order valence-corrected chi connectivity index (χ0v) is 11.4. The van der Waals surface area contributed by atoms with Crippen molar-refractivity contribution in [3.63, 3.8) is 0 Å². The van der Waals surface area contributed by atoms with Gasteiger partial charge in [-0.25, -0.2) is 0 Å². The standard InChI is InChI=1S/C14H21NO4.4CH4/c1-3-5-6-7-8-13(4-2)19-15-12(11-16)9-10-14(17)18;;;;/h6-7,11-13,15H,4,8-10H2,1-2H3,(H,17,18);4*1H4/t12-,13?;;;;/m0..../s1. The number of hydrogen-bond acceptors (Lipinski definition) is 4. The summed E-state index contributed by atoms with van der Waals surface area (Å²) < 4.78 is 0. The van der Waals surface area contributed by atoms with Crippen LogP contribution in [0.25, 0.3) is 0 Å². The fourth-order valence-electron chi connectivity index (χ4n) is 1.28. The summed E-state index contributed by atoms with van der Waals surface area (Å²) in [5.41, 5.74) is 2.62. The third-order valence-corrected chi connectivity index (χ3v) is 2.42. The van der Waals surface area contributed by atoms with Crippen LogP contribution in [0.5, 0.6) is 0 Å². The molecular weight excluding hydrogens is 294 g/mol. The number of carbonyl (C=O) groups excluding carboxylic acids is 1. The first kappa shape index (κ1) is 33.1. The smallest absolute Gasteiger partial charge is 0.303 e. The predicted molar refractivity (Wildman–Crippen MR) is 99.2 cm³/mol. The number of carboxylic acids is 1. The van der Waals surface area contributed by atoms with Crippen molar-refractivity contribution >= 4 is 12.3 Å². The van der Waals surface area contributed by atoms with Crippen molar-refractivity contribution in [2.24, 2.45) is 0 Å². The first-order valence-corrected chi connectivity index (χ1v) is 6.29. The Morgan fingerprint density at radius 3 is 2.35 bits per heavy atom. The van der Waals surface area contributed by atoms with E-state index in [1.807, 2.05) is 13.0 Å². The molecule has 0 aromatic rings. The third kappa shape index (κ3) is 20.4. The minimum atomic E-state index is -0.929. The number of carbonyl (C=O) groups is 2. The van der Waals surface area contributed by atoms with Crippen LogP contribution in [-0.2, 0) is 14.4 Å². The van der Waals surface area contributed by atoms with Crippen LogP contribution in [0, 0.1) is 11.8 Å². The molecule has 0 aliphatic heterocycles. The van der Waals surface area contributed by atoms with Gasteiger partial charge in [-0.05, 0) is 32.3 Å². The number of aliphatic carboxylic acids is 1. The SMILES string of the molecule is C.C.C.C.CC#CC=CCC(CC)ON[C@H](C=O)CCC(=O)O. The van der Waals surface area contributed by atoms with Crippen LogP contribution in [-0.4, -0.2) is 29.5 Å². The van der Waals surface area contributed by atoms with Crippen molar-refractivity contribution in [1.82, 2.24) is 5.48 Å². The number of aldehydes is 1.